The molecule has 0 radical (unpaired) electrons. The number of aliphatic carboxylic acids is 1. The zero-order valence-corrected chi connectivity index (χ0v) is 12.0. The Hall–Kier alpha value is -1.31. The molecule has 7 nitrogen and oxygen atoms in total. The Kier molecular flexibility index (Phi) is 4.52. The number of carboxylic acids is 1. The molecule has 3 atom stereocenters. The second kappa shape index (κ2) is 5.99. The average Bonchev–Trinajstić information content (AvgIpc) is 2.93. The van der Waals surface area contributed by atoms with E-state index in [1.165, 1.54) is 0 Å². The number of sulfone groups is 1. The van der Waals surface area contributed by atoms with Crippen LogP contribution >= 0.6 is 0 Å². The summed E-state index contributed by atoms with van der Waals surface area (Å²) in [5.41, 5.74) is 0. The number of amides is 2. The summed E-state index contributed by atoms with van der Waals surface area (Å²) in [5.74, 6) is -1.13. The molecule has 20 heavy (non-hydrogen) atoms. The predicted octanol–water partition coefficient (Wildman–Crippen LogP) is -0.0264. The third-order valence-electron chi connectivity index (χ3n) is 4.07. The standard InChI is InChI=1S/C12H20N2O5S/c15-11(16)10-3-1-2-8(10)6-13-12(17)14-9-4-5-20(18,19)7-9/h8-10H,1-7H2,(H,15,16)(H2,13,14,17). The molecule has 8 heteroatoms. The van der Waals surface area contributed by atoms with E-state index in [1.807, 2.05) is 0 Å². The molecule has 3 N–H and O–H groups in total. The van der Waals surface area contributed by atoms with Crippen LogP contribution in [-0.2, 0) is 14.6 Å². The van der Waals surface area contributed by atoms with Crippen molar-refractivity contribution in [3.05, 3.63) is 0 Å². The topological polar surface area (TPSA) is 113 Å². The summed E-state index contributed by atoms with van der Waals surface area (Å²) in [6, 6.07) is -0.748. The zero-order valence-electron chi connectivity index (χ0n) is 11.2. The van der Waals surface area contributed by atoms with E-state index in [9.17, 15) is 18.0 Å². The average molecular weight is 304 g/mol. The van der Waals surface area contributed by atoms with Gasteiger partial charge in [0.25, 0.3) is 0 Å². The van der Waals surface area contributed by atoms with Gasteiger partial charge >= 0.3 is 12.0 Å². The number of rotatable bonds is 4. The maximum atomic E-state index is 11.7. The maximum absolute atomic E-state index is 11.7. The fourth-order valence-electron chi connectivity index (χ4n) is 2.98. The van der Waals surface area contributed by atoms with Gasteiger partial charge in [-0.1, -0.05) is 6.42 Å². The first-order valence-electron chi connectivity index (χ1n) is 6.85. The normalized spacial score (nSPS) is 31.9. The fraction of sp³-hybridized carbons (Fsp3) is 0.833. The summed E-state index contributed by atoms with van der Waals surface area (Å²) in [6.07, 6.45) is 2.77. The molecule has 2 rings (SSSR count). The van der Waals surface area contributed by atoms with Crippen LogP contribution in [0, 0.1) is 11.8 Å². The van der Waals surface area contributed by atoms with Gasteiger partial charge in [0.05, 0.1) is 17.4 Å². The number of hydrogen-bond donors (Lipinski definition) is 3. The molecule has 1 aliphatic carbocycles. The highest BCUT2D eigenvalue weighted by atomic mass is 32.2. The quantitative estimate of drug-likeness (QED) is 0.675. The van der Waals surface area contributed by atoms with Gasteiger partial charge < -0.3 is 15.7 Å². The summed E-state index contributed by atoms with van der Waals surface area (Å²) in [4.78, 5) is 22.7. The molecule has 1 aliphatic heterocycles. The third kappa shape index (κ3) is 3.84. The Balaban J connectivity index is 1.74. The lowest BCUT2D eigenvalue weighted by molar-refractivity contribution is -0.142. The zero-order chi connectivity index (χ0) is 14.8. The summed E-state index contributed by atoms with van der Waals surface area (Å²) in [5, 5.41) is 14.3. The van der Waals surface area contributed by atoms with Crippen molar-refractivity contribution in [3.63, 3.8) is 0 Å². The molecule has 0 aromatic rings. The lowest BCUT2D eigenvalue weighted by Crippen LogP contribution is -2.44. The highest BCUT2D eigenvalue weighted by molar-refractivity contribution is 7.91. The summed E-state index contributed by atoms with van der Waals surface area (Å²) >= 11 is 0. The predicted molar refractivity (Wildman–Crippen MR) is 72.1 cm³/mol. The maximum Gasteiger partial charge on any atom is 0.315 e. The Morgan fingerprint density at radius 1 is 1.20 bits per heavy atom. The molecular weight excluding hydrogens is 284 g/mol. The molecule has 2 aliphatic rings. The van der Waals surface area contributed by atoms with E-state index >= 15 is 0 Å². The second-order valence-electron chi connectivity index (χ2n) is 5.59. The van der Waals surface area contributed by atoms with Crippen LogP contribution in [0.1, 0.15) is 25.7 Å². The summed E-state index contributed by atoms with van der Waals surface area (Å²) < 4.78 is 22.5. The minimum absolute atomic E-state index is 0.0123. The number of nitrogens with one attached hydrogen (secondary N) is 2. The van der Waals surface area contributed by atoms with Crippen LogP contribution in [0.25, 0.3) is 0 Å². The molecule has 2 fully saturated rings. The minimum Gasteiger partial charge on any atom is -0.481 e. The summed E-state index contributed by atoms with van der Waals surface area (Å²) in [7, 11) is -3.01. The van der Waals surface area contributed by atoms with Crippen LogP contribution < -0.4 is 10.6 Å². The highest BCUT2D eigenvalue weighted by Gasteiger charge is 2.33. The van der Waals surface area contributed by atoms with Crippen LogP contribution in [0.2, 0.25) is 0 Å². The Labute approximate surface area is 118 Å². The Morgan fingerprint density at radius 2 is 1.95 bits per heavy atom. The van der Waals surface area contributed by atoms with Crippen molar-refractivity contribution >= 4 is 21.8 Å². The largest absolute Gasteiger partial charge is 0.481 e. The number of hydrogen-bond acceptors (Lipinski definition) is 4. The van der Waals surface area contributed by atoms with E-state index in [0.29, 0.717) is 19.4 Å². The van der Waals surface area contributed by atoms with Crippen molar-refractivity contribution in [2.24, 2.45) is 11.8 Å². The van der Waals surface area contributed by atoms with Crippen LogP contribution in [0.4, 0.5) is 4.79 Å². The molecule has 0 spiro atoms. The number of carbonyl (C=O) groups excluding carboxylic acids is 1. The van der Waals surface area contributed by atoms with E-state index in [2.05, 4.69) is 10.6 Å². The second-order valence-corrected chi connectivity index (χ2v) is 7.82. The van der Waals surface area contributed by atoms with Crippen molar-refractivity contribution in [2.75, 3.05) is 18.1 Å². The minimum atomic E-state index is -3.01. The molecule has 1 saturated carbocycles. The van der Waals surface area contributed by atoms with Crippen molar-refractivity contribution < 1.29 is 23.1 Å². The molecule has 0 bridgehead atoms. The van der Waals surface area contributed by atoms with Crippen molar-refractivity contribution in [2.45, 2.75) is 31.7 Å². The Morgan fingerprint density at radius 3 is 2.55 bits per heavy atom. The van der Waals surface area contributed by atoms with Crippen LogP contribution in [0.3, 0.4) is 0 Å². The number of urea groups is 1. The molecule has 1 saturated heterocycles. The van der Waals surface area contributed by atoms with E-state index in [1.54, 1.807) is 0 Å². The van der Waals surface area contributed by atoms with Gasteiger partial charge in [-0.3, -0.25) is 4.79 Å². The van der Waals surface area contributed by atoms with Crippen molar-refractivity contribution in [3.8, 4) is 0 Å². The molecule has 3 unspecified atom stereocenters. The van der Waals surface area contributed by atoms with Gasteiger partial charge in [-0.25, -0.2) is 13.2 Å². The lowest BCUT2D eigenvalue weighted by Gasteiger charge is -2.18. The summed E-state index contributed by atoms with van der Waals surface area (Å²) in [6.45, 7) is 0.322. The van der Waals surface area contributed by atoms with E-state index < -0.39 is 21.8 Å². The van der Waals surface area contributed by atoms with Crippen molar-refractivity contribution in [1.29, 1.82) is 0 Å². The molecular formula is C12H20N2O5S. The van der Waals surface area contributed by atoms with Gasteiger partial charge in [0.2, 0.25) is 0 Å². The van der Waals surface area contributed by atoms with Gasteiger partial charge in [-0.2, -0.15) is 0 Å². The highest BCUT2D eigenvalue weighted by Crippen LogP contribution is 2.31. The Bertz CT molecular complexity index is 490. The van der Waals surface area contributed by atoms with Crippen LogP contribution in [0.15, 0.2) is 0 Å². The first kappa shape index (κ1) is 15.1. The van der Waals surface area contributed by atoms with Gasteiger partial charge in [0.15, 0.2) is 9.84 Å². The molecule has 0 aromatic heterocycles. The first-order valence-corrected chi connectivity index (χ1v) is 8.67. The monoisotopic (exact) mass is 304 g/mol. The third-order valence-corrected chi connectivity index (χ3v) is 5.84. The molecule has 114 valence electrons. The lowest BCUT2D eigenvalue weighted by atomic mass is 9.96. The van der Waals surface area contributed by atoms with Gasteiger partial charge in [-0.15, -0.1) is 0 Å². The van der Waals surface area contributed by atoms with Crippen LogP contribution in [-0.4, -0.2) is 49.6 Å². The van der Waals surface area contributed by atoms with Crippen LogP contribution in [0.5, 0.6) is 0 Å². The molecule has 2 amide bonds. The number of carbonyl (C=O) groups is 2. The van der Waals surface area contributed by atoms with Crippen molar-refractivity contribution in [1.82, 2.24) is 10.6 Å². The van der Waals surface area contributed by atoms with Gasteiger partial charge in [0, 0.05) is 12.6 Å². The first-order chi connectivity index (χ1) is 9.37. The number of carboxylic acid groups (broad SMARTS) is 1. The van der Waals surface area contributed by atoms with E-state index in [-0.39, 0.29) is 29.4 Å². The SMILES string of the molecule is O=C(NCC1CCCC1C(=O)O)NC1CCS(=O)(=O)C1. The molecule has 0 aromatic carbocycles. The molecule has 1 heterocycles. The van der Waals surface area contributed by atoms with Gasteiger partial charge in [-0.05, 0) is 25.2 Å². The smallest absolute Gasteiger partial charge is 0.315 e. The van der Waals surface area contributed by atoms with Gasteiger partial charge in [0.1, 0.15) is 0 Å². The fourth-order valence-corrected chi connectivity index (χ4v) is 4.65. The van der Waals surface area contributed by atoms with E-state index in [4.69, 9.17) is 5.11 Å². The van der Waals surface area contributed by atoms with E-state index in [0.717, 1.165) is 12.8 Å².